The first kappa shape index (κ1) is 25.7. The molecule has 5 atom stereocenters. The highest BCUT2D eigenvalue weighted by Crippen LogP contribution is 2.00. The minimum Gasteiger partial charge on any atom is -0.480 e. The van der Waals surface area contributed by atoms with Gasteiger partial charge < -0.3 is 42.7 Å². The second kappa shape index (κ2) is 13.0. The zero-order chi connectivity index (χ0) is 21.9. The summed E-state index contributed by atoms with van der Waals surface area (Å²) in [6, 6.07) is -5.04. The van der Waals surface area contributed by atoms with E-state index in [2.05, 4.69) is 16.0 Å². The predicted octanol–water partition coefficient (Wildman–Crippen LogP) is -3.63. The number of aliphatic carboxylic acids is 1. The summed E-state index contributed by atoms with van der Waals surface area (Å²) < 4.78 is 0. The average molecular weight is 405 g/mol. The van der Waals surface area contributed by atoms with Gasteiger partial charge in [0.2, 0.25) is 17.7 Å². The standard InChI is InChI=1S/C16H31N5O7/c1-8(16(27)28)19-15(26)12(9(2)23)21-14(25)11(7-22)20-13(24)10(18)5-3-4-6-17/h8-12,22-23H,3-7,17-18H2,1-2H3,(H,19,26)(H,20,24)(H,21,25)(H,27,28). The molecule has 0 aliphatic heterocycles. The van der Waals surface area contributed by atoms with Gasteiger partial charge in [-0.25, -0.2) is 0 Å². The van der Waals surface area contributed by atoms with Crippen LogP contribution in [0.4, 0.5) is 0 Å². The number of carbonyl (C=O) groups excluding carboxylic acids is 3. The summed E-state index contributed by atoms with van der Waals surface area (Å²) in [4.78, 5) is 47.2. The van der Waals surface area contributed by atoms with E-state index in [9.17, 15) is 29.4 Å². The molecule has 0 rings (SSSR count). The highest BCUT2D eigenvalue weighted by Gasteiger charge is 2.31. The van der Waals surface area contributed by atoms with Crippen LogP contribution in [0, 0.1) is 0 Å². The lowest BCUT2D eigenvalue weighted by molar-refractivity contribution is -0.142. The molecule has 0 aromatic heterocycles. The van der Waals surface area contributed by atoms with E-state index in [1.165, 1.54) is 13.8 Å². The largest absolute Gasteiger partial charge is 0.480 e. The molecule has 0 aliphatic rings. The van der Waals surface area contributed by atoms with Gasteiger partial charge in [0.25, 0.3) is 0 Å². The second-order valence-corrected chi connectivity index (χ2v) is 6.43. The Hall–Kier alpha value is -2.28. The second-order valence-electron chi connectivity index (χ2n) is 6.43. The van der Waals surface area contributed by atoms with Crippen molar-refractivity contribution < 1.29 is 34.5 Å². The number of nitrogens with two attached hydrogens (primary N) is 2. The first-order valence-electron chi connectivity index (χ1n) is 8.93. The van der Waals surface area contributed by atoms with Gasteiger partial charge in [-0.05, 0) is 33.2 Å². The Morgan fingerprint density at radius 2 is 1.57 bits per heavy atom. The molecule has 0 heterocycles. The minimum atomic E-state index is -1.49. The molecular formula is C16H31N5O7. The van der Waals surface area contributed by atoms with Crippen LogP contribution in [0.15, 0.2) is 0 Å². The van der Waals surface area contributed by atoms with E-state index in [4.69, 9.17) is 16.6 Å². The van der Waals surface area contributed by atoms with Gasteiger partial charge >= 0.3 is 5.97 Å². The van der Waals surface area contributed by atoms with Crippen molar-refractivity contribution in [1.82, 2.24) is 16.0 Å². The fourth-order valence-corrected chi connectivity index (χ4v) is 2.14. The number of hydrogen-bond acceptors (Lipinski definition) is 8. The van der Waals surface area contributed by atoms with E-state index in [-0.39, 0.29) is 0 Å². The van der Waals surface area contributed by atoms with Crippen molar-refractivity contribution in [3.05, 3.63) is 0 Å². The summed E-state index contributed by atoms with van der Waals surface area (Å²) in [5, 5.41) is 34.5. The van der Waals surface area contributed by atoms with Gasteiger partial charge in [0.1, 0.15) is 18.1 Å². The van der Waals surface area contributed by atoms with Crippen LogP contribution in [-0.4, -0.2) is 82.4 Å². The fourth-order valence-electron chi connectivity index (χ4n) is 2.14. The molecule has 0 saturated heterocycles. The first-order chi connectivity index (χ1) is 13.0. The van der Waals surface area contributed by atoms with Gasteiger partial charge in [0, 0.05) is 0 Å². The van der Waals surface area contributed by atoms with Crippen molar-refractivity contribution in [2.75, 3.05) is 13.2 Å². The summed E-state index contributed by atoms with van der Waals surface area (Å²) in [5.41, 5.74) is 11.1. The van der Waals surface area contributed by atoms with E-state index in [0.717, 1.165) is 0 Å². The van der Waals surface area contributed by atoms with Crippen LogP contribution in [0.5, 0.6) is 0 Å². The van der Waals surface area contributed by atoms with E-state index >= 15 is 0 Å². The Balaban J connectivity index is 4.90. The summed E-state index contributed by atoms with van der Waals surface area (Å²) in [6.07, 6.45) is 0.283. The smallest absolute Gasteiger partial charge is 0.325 e. The van der Waals surface area contributed by atoms with Crippen LogP contribution in [0.1, 0.15) is 33.1 Å². The van der Waals surface area contributed by atoms with Crippen molar-refractivity contribution in [2.24, 2.45) is 11.5 Å². The van der Waals surface area contributed by atoms with Gasteiger partial charge in [0.05, 0.1) is 18.8 Å². The predicted molar refractivity (Wildman–Crippen MR) is 98.7 cm³/mol. The third-order valence-corrected chi connectivity index (χ3v) is 3.91. The molecule has 3 amide bonds. The number of carboxylic acid groups (broad SMARTS) is 1. The summed E-state index contributed by atoms with van der Waals surface area (Å²) >= 11 is 0. The van der Waals surface area contributed by atoms with Gasteiger partial charge in [-0.3, -0.25) is 19.2 Å². The number of carbonyl (C=O) groups is 4. The summed E-state index contributed by atoms with van der Waals surface area (Å²) in [5.74, 6) is -3.83. The number of amides is 3. The van der Waals surface area contributed by atoms with Crippen LogP contribution in [0.2, 0.25) is 0 Å². The van der Waals surface area contributed by atoms with Crippen molar-refractivity contribution in [3.8, 4) is 0 Å². The van der Waals surface area contributed by atoms with Crippen LogP contribution in [0.25, 0.3) is 0 Å². The Labute approximate surface area is 163 Å². The zero-order valence-corrected chi connectivity index (χ0v) is 16.1. The molecule has 10 N–H and O–H groups in total. The number of aliphatic hydroxyl groups is 2. The molecule has 0 saturated carbocycles. The molecule has 0 aromatic rings. The number of aliphatic hydroxyl groups excluding tert-OH is 2. The molecule has 12 nitrogen and oxygen atoms in total. The molecule has 5 unspecified atom stereocenters. The maximum Gasteiger partial charge on any atom is 0.325 e. The quantitative estimate of drug-likeness (QED) is 0.142. The van der Waals surface area contributed by atoms with Crippen LogP contribution in [-0.2, 0) is 19.2 Å². The van der Waals surface area contributed by atoms with Crippen molar-refractivity contribution in [1.29, 1.82) is 0 Å². The van der Waals surface area contributed by atoms with Crippen LogP contribution < -0.4 is 27.4 Å². The van der Waals surface area contributed by atoms with E-state index in [0.29, 0.717) is 25.8 Å². The Kier molecular flexibility index (Phi) is 11.9. The molecule has 0 aromatic carbocycles. The monoisotopic (exact) mass is 405 g/mol. The molecule has 0 bridgehead atoms. The minimum absolute atomic E-state index is 0.342. The summed E-state index contributed by atoms with van der Waals surface area (Å²) in [7, 11) is 0. The third-order valence-electron chi connectivity index (χ3n) is 3.91. The lowest BCUT2D eigenvalue weighted by Gasteiger charge is -2.25. The molecule has 0 spiro atoms. The first-order valence-corrected chi connectivity index (χ1v) is 8.93. The molecule has 0 aliphatic carbocycles. The Bertz CT molecular complexity index is 543. The molecule has 0 radical (unpaired) electrons. The van der Waals surface area contributed by atoms with E-state index in [1.54, 1.807) is 0 Å². The maximum atomic E-state index is 12.3. The lowest BCUT2D eigenvalue weighted by atomic mass is 10.1. The number of unbranched alkanes of at least 4 members (excludes halogenated alkanes) is 1. The SMILES string of the molecule is CC(NC(=O)C(NC(=O)C(CO)NC(=O)C(N)CCCCN)C(C)O)C(=O)O. The normalized spacial score (nSPS) is 16.2. The number of carboxylic acids is 1. The van der Waals surface area contributed by atoms with Crippen molar-refractivity contribution in [2.45, 2.75) is 63.4 Å². The highest BCUT2D eigenvalue weighted by atomic mass is 16.4. The van der Waals surface area contributed by atoms with Gasteiger partial charge in [-0.15, -0.1) is 0 Å². The Morgan fingerprint density at radius 3 is 2.04 bits per heavy atom. The number of hydrogen-bond donors (Lipinski definition) is 8. The molecule has 28 heavy (non-hydrogen) atoms. The lowest BCUT2D eigenvalue weighted by Crippen LogP contribution is -2.60. The van der Waals surface area contributed by atoms with E-state index < -0.39 is 60.6 Å². The van der Waals surface area contributed by atoms with E-state index in [1.807, 2.05) is 0 Å². The topological polar surface area (TPSA) is 217 Å². The van der Waals surface area contributed by atoms with Gasteiger partial charge in [-0.1, -0.05) is 6.42 Å². The highest BCUT2D eigenvalue weighted by molar-refractivity contribution is 5.94. The summed E-state index contributed by atoms with van der Waals surface area (Å²) in [6.45, 7) is 2.12. The molecule has 162 valence electrons. The molecular weight excluding hydrogens is 374 g/mol. The molecule has 0 fully saturated rings. The number of nitrogens with one attached hydrogen (secondary N) is 3. The average Bonchev–Trinajstić information content (AvgIpc) is 2.62. The van der Waals surface area contributed by atoms with Crippen LogP contribution >= 0.6 is 0 Å². The number of rotatable bonds is 13. The maximum absolute atomic E-state index is 12.3. The fraction of sp³-hybridized carbons (Fsp3) is 0.750. The van der Waals surface area contributed by atoms with Gasteiger partial charge in [-0.2, -0.15) is 0 Å². The third kappa shape index (κ3) is 9.08. The zero-order valence-electron chi connectivity index (χ0n) is 16.1. The molecule has 12 heteroatoms. The van der Waals surface area contributed by atoms with Crippen LogP contribution in [0.3, 0.4) is 0 Å². The van der Waals surface area contributed by atoms with Crippen molar-refractivity contribution in [3.63, 3.8) is 0 Å². The Morgan fingerprint density at radius 1 is 0.964 bits per heavy atom. The van der Waals surface area contributed by atoms with Crippen molar-refractivity contribution >= 4 is 23.7 Å². The van der Waals surface area contributed by atoms with Gasteiger partial charge in [0.15, 0.2) is 0 Å².